The Kier molecular flexibility index (Phi) is 5.83. The number of fused-ring (bicyclic) bond motifs is 3. The second-order valence-electron chi connectivity index (χ2n) is 12.7. The van der Waals surface area contributed by atoms with Crippen molar-refractivity contribution in [2.75, 3.05) is 13.2 Å². The molecule has 6 aromatic rings. The van der Waals surface area contributed by atoms with Crippen molar-refractivity contribution >= 4 is 16.6 Å². The first kappa shape index (κ1) is 26.2. The quantitative estimate of drug-likeness (QED) is 0.234. The number of ether oxygens (including phenoxy) is 2. The van der Waals surface area contributed by atoms with E-state index in [1.165, 1.54) is 11.5 Å². The third-order valence-corrected chi connectivity index (χ3v) is 8.79. The van der Waals surface area contributed by atoms with Crippen LogP contribution >= 0.6 is 0 Å². The highest BCUT2D eigenvalue weighted by Crippen LogP contribution is 2.60. The summed E-state index contributed by atoms with van der Waals surface area (Å²) >= 11 is 0. The lowest BCUT2D eigenvalue weighted by Gasteiger charge is -2.56. The molecule has 1 aliphatic heterocycles. The van der Waals surface area contributed by atoms with E-state index in [9.17, 15) is 0 Å². The van der Waals surface area contributed by atoms with Gasteiger partial charge in [-0.3, -0.25) is 4.40 Å². The topological polar surface area (TPSA) is 79.4 Å². The molecule has 2 aliphatic rings. The van der Waals surface area contributed by atoms with Crippen molar-refractivity contribution in [3.05, 3.63) is 96.9 Å². The average molecular weight is 570 g/mol. The first-order chi connectivity index (χ1) is 20.8. The van der Waals surface area contributed by atoms with Gasteiger partial charge in [-0.25, -0.2) is 9.97 Å². The van der Waals surface area contributed by atoms with Crippen LogP contribution in [-0.4, -0.2) is 48.1 Å². The Morgan fingerprint density at radius 1 is 0.884 bits per heavy atom. The molecule has 2 fully saturated rings. The van der Waals surface area contributed by atoms with Crippen molar-refractivity contribution in [1.29, 1.82) is 0 Å². The van der Waals surface area contributed by atoms with Crippen LogP contribution in [0.5, 0.6) is 0 Å². The largest absolute Gasteiger partial charge is 0.347 e. The lowest BCUT2D eigenvalue weighted by atomic mass is 9.55. The van der Waals surface area contributed by atoms with Crippen molar-refractivity contribution in [3.63, 3.8) is 0 Å². The first-order valence-electron chi connectivity index (χ1n) is 14.8. The maximum Gasteiger partial charge on any atom is 0.188 e. The predicted octanol–water partition coefficient (Wildman–Crippen LogP) is 6.74. The standard InChI is InChI=1S/C35H33N6O2/c1-34(2,3)31-27(19-35(31)42-16-17-43-35)23-10-12-24(13-11-23)30-25(22-8-6-5-7-9-22)18-26-28(37-30)14-15-41-32(26)38-39-33(41)29-20-40(4)21-36-29/h5-15,18,20-21,31H,16-17,19H2,1-4H3. The van der Waals surface area contributed by atoms with Crippen LogP contribution in [0.4, 0.5) is 0 Å². The molecule has 1 radical (unpaired) electrons. The SMILES string of the molecule is Cn1cnc(-c2nnc3c4cc(-c5ccccc5)c(-c5ccc([C]6CC7(OCCO7)C6C(C)(C)C)cc5)nc4ccn23)c1. The Morgan fingerprint density at radius 2 is 1.63 bits per heavy atom. The van der Waals surface area contributed by atoms with E-state index < -0.39 is 5.79 Å². The molecule has 5 heterocycles. The fourth-order valence-corrected chi connectivity index (χ4v) is 6.99. The number of hydrogen-bond donors (Lipinski definition) is 0. The highest BCUT2D eigenvalue weighted by molar-refractivity contribution is 5.98. The van der Waals surface area contributed by atoms with Gasteiger partial charge in [-0.1, -0.05) is 75.4 Å². The summed E-state index contributed by atoms with van der Waals surface area (Å²) in [6.07, 6.45) is 6.50. The van der Waals surface area contributed by atoms with Gasteiger partial charge in [-0.05, 0) is 28.7 Å². The smallest absolute Gasteiger partial charge is 0.188 e. The van der Waals surface area contributed by atoms with Gasteiger partial charge in [0.1, 0.15) is 5.69 Å². The molecular weight excluding hydrogens is 536 g/mol. The van der Waals surface area contributed by atoms with Crippen molar-refractivity contribution in [2.24, 2.45) is 18.4 Å². The molecule has 1 saturated carbocycles. The summed E-state index contributed by atoms with van der Waals surface area (Å²) in [6, 6.07) is 23.5. The number of rotatable bonds is 4. The number of aryl methyl sites for hydroxylation is 1. The molecule has 0 amide bonds. The van der Waals surface area contributed by atoms with Crippen LogP contribution in [0.1, 0.15) is 32.8 Å². The number of imidazole rings is 1. The predicted molar refractivity (Wildman–Crippen MR) is 166 cm³/mol. The van der Waals surface area contributed by atoms with Gasteiger partial charge in [0.2, 0.25) is 0 Å². The van der Waals surface area contributed by atoms with Crippen molar-refractivity contribution in [2.45, 2.75) is 33.0 Å². The van der Waals surface area contributed by atoms with Crippen LogP contribution in [0.3, 0.4) is 0 Å². The lowest BCUT2D eigenvalue weighted by molar-refractivity contribution is -0.253. The van der Waals surface area contributed by atoms with Gasteiger partial charge in [0, 0.05) is 54.2 Å². The van der Waals surface area contributed by atoms with E-state index in [1.54, 1.807) is 6.33 Å². The Labute approximate surface area is 250 Å². The van der Waals surface area contributed by atoms with E-state index in [4.69, 9.17) is 14.5 Å². The molecular formula is C35H33N6O2. The van der Waals surface area contributed by atoms with Crippen LogP contribution in [0.25, 0.3) is 50.5 Å². The van der Waals surface area contributed by atoms with Gasteiger partial charge >= 0.3 is 0 Å². The van der Waals surface area contributed by atoms with Crippen LogP contribution in [0, 0.1) is 17.3 Å². The first-order valence-corrected chi connectivity index (χ1v) is 14.8. The Balaban J connectivity index is 1.22. The maximum absolute atomic E-state index is 6.16. The Morgan fingerprint density at radius 3 is 2.33 bits per heavy atom. The summed E-state index contributed by atoms with van der Waals surface area (Å²) in [7, 11) is 1.95. The fraction of sp³-hybridized carbons (Fsp3) is 0.286. The third kappa shape index (κ3) is 4.19. The molecule has 1 saturated heterocycles. The van der Waals surface area contributed by atoms with Gasteiger partial charge in [-0.2, -0.15) is 0 Å². The second-order valence-corrected chi connectivity index (χ2v) is 12.7. The van der Waals surface area contributed by atoms with Crippen LogP contribution < -0.4 is 0 Å². The zero-order valence-electron chi connectivity index (χ0n) is 24.8. The highest BCUT2D eigenvalue weighted by Gasteiger charge is 2.62. The van der Waals surface area contributed by atoms with Gasteiger partial charge in [0.15, 0.2) is 17.3 Å². The summed E-state index contributed by atoms with van der Waals surface area (Å²) in [5, 5.41) is 10.0. The molecule has 1 aliphatic carbocycles. The summed E-state index contributed by atoms with van der Waals surface area (Å²) in [5.74, 6) is 1.84. The Bertz CT molecular complexity index is 1960. The summed E-state index contributed by atoms with van der Waals surface area (Å²) in [6.45, 7) is 8.15. The second kappa shape index (κ2) is 9.56. The van der Waals surface area contributed by atoms with Gasteiger partial charge in [0.05, 0.1) is 30.8 Å². The van der Waals surface area contributed by atoms with Crippen LogP contribution in [0.15, 0.2) is 85.5 Å². The van der Waals surface area contributed by atoms with E-state index in [0.29, 0.717) is 19.0 Å². The number of pyridine rings is 2. The van der Waals surface area contributed by atoms with E-state index in [-0.39, 0.29) is 11.3 Å². The summed E-state index contributed by atoms with van der Waals surface area (Å²) in [4.78, 5) is 9.72. The molecule has 8 heteroatoms. The summed E-state index contributed by atoms with van der Waals surface area (Å²) in [5.41, 5.74) is 7.81. The molecule has 43 heavy (non-hydrogen) atoms. The number of benzene rings is 2. The minimum absolute atomic E-state index is 0.0282. The third-order valence-electron chi connectivity index (χ3n) is 8.79. The minimum atomic E-state index is -0.476. The fourth-order valence-electron chi connectivity index (χ4n) is 6.99. The molecule has 1 unspecified atom stereocenters. The molecule has 8 nitrogen and oxygen atoms in total. The number of hydrogen-bond acceptors (Lipinski definition) is 6. The normalized spacial score (nSPS) is 18.6. The van der Waals surface area contributed by atoms with Gasteiger partial charge in [-0.15, -0.1) is 10.2 Å². The maximum atomic E-state index is 6.16. The number of aromatic nitrogens is 6. The molecule has 0 bridgehead atoms. The zero-order chi connectivity index (χ0) is 29.3. The molecule has 0 N–H and O–H groups in total. The Hall–Kier alpha value is -4.40. The van der Waals surface area contributed by atoms with E-state index in [2.05, 4.69) is 90.5 Å². The van der Waals surface area contributed by atoms with Crippen molar-refractivity contribution in [1.82, 2.24) is 29.1 Å². The van der Waals surface area contributed by atoms with E-state index >= 15 is 0 Å². The molecule has 4 aromatic heterocycles. The van der Waals surface area contributed by atoms with Crippen LogP contribution in [-0.2, 0) is 16.5 Å². The average Bonchev–Trinajstić information content (AvgIpc) is 3.75. The lowest BCUT2D eigenvalue weighted by Crippen LogP contribution is -2.59. The zero-order valence-corrected chi connectivity index (χ0v) is 24.8. The molecule has 1 atom stereocenters. The molecule has 215 valence electrons. The summed E-state index contributed by atoms with van der Waals surface area (Å²) < 4.78 is 16.2. The molecule has 8 rings (SSSR count). The van der Waals surface area contributed by atoms with E-state index in [0.717, 1.165) is 51.0 Å². The van der Waals surface area contributed by atoms with Crippen molar-refractivity contribution < 1.29 is 9.47 Å². The number of nitrogens with zero attached hydrogens (tertiary/aromatic N) is 6. The highest BCUT2D eigenvalue weighted by atomic mass is 16.7. The van der Waals surface area contributed by atoms with Gasteiger partial charge in [0.25, 0.3) is 0 Å². The molecule has 1 spiro atoms. The molecule has 2 aromatic carbocycles. The van der Waals surface area contributed by atoms with Crippen LogP contribution in [0.2, 0.25) is 0 Å². The monoisotopic (exact) mass is 569 g/mol. The van der Waals surface area contributed by atoms with Gasteiger partial charge < -0.3 is 14.0 Å². The van der Waals surface area contributed by atoms with Crippen molar-refractivity contribution in [3.8, 4) is 33.9 Å². The minimum Gasteiger partial charge on any atom is -0.347 e. The van der Waals surface area contributed by atoms with E-state index in [1.807, 2.05) is 40.5 Å².